The van der Waals surface area contributed by atoms with Gasteiger partial charge in [0, 0.05) is 12.2 Å². The molecule has 0 aliphatic rings. The molecule has 0 aliphatic heterocycles. The van der Waals surface area contributed by atoms with Gasteiger partial charge in [0.1, 0.15) is 0 Å². The number of benzene rings is 2. The summed E-state index contributed by atoms with van der Waals surface area (Å²) in [6.07, 6.45) is 1.05. The quantitative estimate of drug-likeness (QED) is 0.844. The molecule has 0 amide bonds. The lowest BCUT2D eigenvalue weighted by molar-refractivity contribution is 0.0600. The summed E-state index contributed by atoms with van der Waals surface area (Å²) < 4.78 is 4.79. The van der Waals surface area contributed by atoms with E-state index in [1.54, 1.807) is 6.07 Å². The minimum atomic E-state index is -0.302. The van der Waals surface area contributed by atoms with E-state index in [9.17, 15) is 4.79 Å². The molecule has 0 unspecified atom stereocenters. The second kappa shape index (κ2) is 6.93. The molecular formula is C18H21NO2. The monoisotopic (exact) mass is 283 g/mol. The molecule has 0 saturated heterocycles. The van der Waals surface area contributed by atoms with Crippen LogP contribution in [-0.4, -0.2) is 13.1 Å². The number of ether oxygens (including phenoxy) is 1. The number of anilines is 1. The summed E-state index contributed by atoms with van der Waals surface area (Å²) in [5, 5.41) is 3.38. The Labute approximate surface area is 126 Å². The number of aryl methyl sites for hydroxylation is 1. The van der Waals surface area contributed by atoms with Crippen LogP contribution >= 0.6 is 0 Å². The molecule has 21 heavy (non-hydrogen) atoms. The van der Waals surface area contributed by atoms with Gasteiger partial charge in [-0.25, -0.2) is 4.79 Å². The van der Waals surface area contributed by atoms with E-state index in [1.165, 1.54) is 18.2 Å². The third-order valence-electron chi connectivity index (χ3n) is 3.65. The number of carbonyl (C=O) groups excluding carboxylic acids is 1. The maximum Gasteiger partial charge on any atom is 0.338 e. The van der Waals surface area contributed by atoms with Crippen molar-refractivity contribution in [1.29, 1.82) is 0 Å². The number of hydrogen-bond donors (Lipinski definition) is 1. The van der Waals surface area contributed by atoms with Gasteiger partial charge < -0.3 is 10.1 Å². The van der Waals surface area contributed by atoms with Gasteiger partial charge in [0.25, 0.3) is 0 Å². The van der Waals surface area contributed by atoms with Gasteiger partial charge in [-0.2, -0.15) is 0 Å². The highest BCUT2D eigenvalue weighted by Crippen LogP contribution is 2.20. The van der Waals surface area contributed by atoms with E-state index in [4.69, 9.17) is 4.74 Å². The number of hydrogen-bond acceptors (Lipinski definition) is 3. The summed E-state index contributed by atoms with van der Waals surface area (Å²) >= 11 is 0. The number of carbonyl (C=O) groups is 1. The number of methoxy groups -OCH3 is 1. The van der Waals surface area contributed by atoms with E-state index in [-0.39, 0.29) is 5.97 Å². The fourth-order valence-electron chi connectivity index (χ4n) is 2.25. The van der Waals surface area contributed by atoms with Crippen molar-refractivity contribution >= 4 is 11.7 Å². The first kappa shape index (κ1) is 15.1. The van der Waals surface area contributed by atoms with Crippen LogP contribution in [0.5, 0.6) is 0 Å². The number of rotatable bonds is 5. The largest absolute Gasteiger partial charge is 0.465 e. The number of esters is 1. The average molecular weight is 283 g/mol. The summed E-state index contributed by atoms with van der Waals surface area (Å²) in [7, 11) is 1.40. The lowest BCUT2D eigenvalue weighted by Crippen LogP contribution is -2.07. The highest BCUT2D eigenvalue weighted by Gasteiger charge is 2.11. The Balaban J connectivity index is 2.10. The van der Waals surface area contributed by atoms with Gasteiger partial charge in [-0.05, 0) is 42.2 Å². The van der Waals surface area contributed by atoms with Crippen LogP contribution in [0.25, 0.3) is 0 Å². The Hall–Kier alpha value is -2.29. The second-order valence-corrected chi connectivity index (χ2v) is 4.99. The Morgan fingerprint density at radius 2 is 1.76 bits per heavy atom. The van der Waals surface area contributed by atoms with Gasteiger partial charge in [0.2, 0.25) is 0 Å². The van der Waals surface area contributed by atoms with Crippen molar-refractivity contribution in [3.63, 3.8) is 0 Å². The lowest BCUT2D eigenvalue weighted by Gasteiger charge is -2.12. The van der Waals surface area contributed by atoms with E-state index in [0.29, 0.717) is 5.56 Å². The van der Waals surface area contributed by atoms with Crippen LogP contribution in [0.15, 0.2) is 42.5 Å². The second-order valence-electron chi connectivity index (χ2n) is 4.99. The third-order valence-corrected chi connectivity index (χ3v) is 3.65. The Morgan fingerprint density at radius 1 is 1.10 bits per heavy atom. The molecule has 0 spiro atoms. The molecule has 110 valence electrons. The van der Waals surface area contributed by atoms with Crippen molar-refractivity contribution in [1.82, 2.24) is 0 Å². The molecule has 2 aromatic carbocycles. The minimum absolute atomic E-state index is 0.302. The van der Waals surface area contributed by atoms with Crippen LogP contribution in [0, 0.1) is 6.92 Å². The smallest absolute Gasteiger partial charge is 0.338 e. The molecule has 0 radical (unpaired) electrons. The lowest BCUT2D eigenvalue weighted by atomic mass is 10.1. The fourth-order valence-corrected chi connectivity index (χ4v) is 2.25. The van der Waals surface area contributed by atoms with E-state index in [0.717, 1.165) is 24.2 Å². The molecule has 0 bridgehead atoms. The molecule has 0 heterocycles. The van der Waals surface area contributed by atoms with Gasteiger partial charge in [-0.1, -0.05) is 37.3 Å². The van der Waals surface area contributed by atoms with Crippen LogP contribution in [0.2, 0.25) is 0 Å². The van der Waals surface area contributed by atoms with Crippen molar-refractivity contribution < 1.29 is 9.53 Å². The molecule has 0 saturated carbocycles. The summed E-state index contributed by atoms with van der Waals surface area (Å²) in [5.74, 6) is -0.302. The summed E-state index contributed by atoms with van der Waals surface area (Å²) in [6, 6.07) is 14.2. The summed E-state index contributed by atoms with van der Waals surface area (Å²) in [6.45, 7) is 4.80. The van der Waals surface area contributed by atoms with E-state index >= 15 is 0 Å². The molecule has 0 aromatic heterocycles. The molecule has 3 heteroatoms. The van der Waals surface area contributed by atoms with Crippen LogP contribution in [-0.2, 0) is 17.7 Å². The summed E-state index contributed by atoms with van der Waals surface area (Å²) in [4.78, 5) is 11.7. The third kappa shape index (κ3) is 3.63. The highest BCUT2D eigenvalue weighted by atomic mass is 16.5. The van der Waals surface area contributed by atoms with Gasteiger partial charge in [0.15, 0.2) is 0 Å². The molecule has 0 fully saturated rings. The van der Waals surface area contributed by atoms with E-state index in [1.807, 2.05) is 19.1 Å². The number of nitrogens with one attached hydrogen (secondary N) is 1. The van der Waals surface area contributed by atoms with E-state index < -0.39 is 0 Å². The van der Waals surface area contributed by atoms with E-state index in [2.05, 4.69) is 36.5 Å². The SMILES string of the molecule is CCc1ccc(CNc2cccc(C(=O)OC)c2C)cc1. The molecule has 2 aromatic rings. The van der Waals surface area contributed by atoms with Crippen molar-refractivity contribution in [2.75, 3.05) is 12.4 Å². The van der Waals surface area contributed by atoms with Crippen LogP contribution in [0.3, 0.4) is 0 Å². The average Bonchev–Trinajstić information content (AvgIpc) is 2.53. The zero-order valence-electron chi connectivity index (χ0n) is 12.8. The molecule has 0 aliphatic carbocycles. The first-order valence-corrected chi connectivity index (χ1v) is 7.15. The Kier molecular flexibility index (Phi) is 4.99. The van der Waals surface area contributed by atoms with Gasteiger partial charge in [-0.15, -0.1) is 0 Å². The van der Waals surface area contributed by atoms with Gasteiger partial charge in [0.05, 0.1) is 12.7 Å². The molecule has 1 N–H and O–H groups in total. The first-order chi connectivity index (χ1) is 10.2. The normalized spacial score (nSPS) is 10.2. The maximum absolute atomic E-state index is 11.7. The molecule has 3 nitrogen and oxygen atoms in total. The highest BCUT2D eigenvalue weighted by molar-refractivity contribution is 5.92. The van der Waals surface area contributed by atoms with Crippen molar-refractivity contribution in [3.8, 4) is 0 Å². The molecule has 0 atom stereocenters. The zero-order chi connectivity index (χ0) is 15.2. The minimum Gasteiger partial charge on any atom is -0.465 e. The van der Waals surface area contributed by atoms with Crippen molar-refractivity contribution in [2.45, 2.75) is 26.8 Å². The Morgan fingerprint density at radius 3 is 2.38 bits per heavy atom. The Bertz CT molecular complexity index is 618. The maximum atomic E-state index is 11.7. The van der Waals surface area contributed by atoms with Gasteiger partial charge in [-0.3, -0.25) is 0 Å². The standard InChI is InChI=1S/C18H21NO2/c1-4-14-8-10-15(11-9-14)12-19-17-7-5-6-16(13(17)2)18(20)21-3/h5-11,19H,4,12H2,1-3H3. The topological polar surface area (TPSA) is 38.3 Å². The predicted molar refractivity (Wildman–Crippen MR) is 85.7 cm³/mol. The van der Waals surface area contributed by atoms with Crippen LogP contribution in [0.4, 0.5) is 5.69 Å². The summed E-state index contributed by atoms with van der Waals surface area (Å²) in [5.41, 5.74) is 5.02. The molecular weight excluding hydrogens is 262 g/mol. The first-order valence-electron chi connectivity index (χ1n) is 7.15. The van der Waals surface area contributed by atoms with Crippen molar-refractivity contribution in [3.05, 3.63) is 64.7 Å². The predicted octanol–water partition coefficient (Wildman–Crippen LogP) is 3.96. The fraction of sp³-hybridized carbons (Fsp3) is 0.278. The van der Waals surface area contributed by atoms with Crippen LogP contribution < -0.4 is 5.32 Å². The molecule has 2 rings (SSSR count). The van der Waals surface area contributed by atoms with Crippen LogP contribution in [0.1, 0.15) is 34.0 Å². The van der Waals surface area contributed by atoms with Gasteiger partial charge >= 0.3 is 5.97 Å². The van der Waals surface area contributed by atoms with Crippen molar-refractivity contribution in [2.24, 2.45) is 0 Å². The zero-order valence-corrected chi connectivity index (χ0v) is 12.8.